The number of nitrogens with one attached hydrogen (secondary N) is 1. The number of carbonyl (C=O) groups is 1. The van der Waals surface area contributed by atoms with Gasteiger partial charge in [-0.25, -0.2) is 4.79 Å². The van der Waals surface area contributed by atoms with E-state index in [0.717, 1.165) is 42.3 Å². The van der Waals surface area contributed by atoms with Crippen molar-refractivity contribution in [1.82, 2.24) is 14.5 Å². The minimum absolute atomic E-state index is 0.0293. The molecule has 0 atom stereocenters. The van der Waals surface area contributed by atoms with E-state index in [4.69, 9.17) is 0 Å². The van der Waals surface area contributed by atoms with Crippen LogP contribution in [0.15, 0.2) is 23.0 Å². The number of rotatable bonds is 3. The standard InChI is InChI=1S/C17H23N3O2/c1-19-14-9-8-12(10-15(14)20(2)17(19)22)11-18-16(21)13-6-4-3-5-7-13/h8-10,13H,3-7,11H2,1-2H3,(H,18,21). The highest BCUT2D eigenvalue weighted by atomic mass is 16.2. The van der Waals surface area contributed by atoms with Gasteiger partial charge in [0.05, 0.1) is 11.0 Å². The molecule has 1 fully saturated rings. The van der Waals surface area contributed by atoms with E-state index in [9.17, 15) is 9.59 Å². The van der Waals surface area contributed by atoms with Crippen LogP contribution < -0.4 is 11.0 Å². The lowest BCUT2D eigenvalue weighted by atomic mass is 9.88. The molecule has 2 aromatic rings. The Kier molecular flexibility index (Phi) is 4.05. The lowest BCUT2D eigenvalue weighted by Crippen LogP contribution is -2.31. The van der Waals surface area contributed by atoms with Crippen LogP contribution in [0, 0.1) is 5.92 Å². The van der Waals surface area contributed by atoms with Crippen LogP contribution in [-0.4, -0.2) is 15.0 Å². The van der Waals surface area contributed by atoms with Gasteiger partial charge in [0, 0.05) is 26.6 Å². The van der Waals surface area contributed by atoms with Crippen LogP contribution >= 0.6 is 0 Å². The molecular formula is C17H23N3O2. The molecule has 1 aliphatic carbocycles. The molecule has 0 spiro atoms. The molecule has 5 heteroatoms. The molecule has 1 heterocycles. The Labute approximate surface area is 129 Å². The van der Waals surface area contributed by atoms with E-state index >= 15 is 0 Å². The monoisotopic (exact) mass is 301 g/mol. The average Bonchev–Trinajstić information content (AvgIpc) is 2.78. The summed E-state index contributed by atoms with van der Waals surface area (Å²) in [5.41, 5.74) is 2.81. The van der Waals surface area contributed by atoms with Crippen LogP contribution in [0.4, 0.5) is 0 Å². The van der Waals surface area contributed by atoms with Gasteiger partial charge in [0.15, 0.2) is 0 Å². The molecule has 3 rings (SSSR count). The van der Waals surface area contributed by atoms with E-state index in [1.54, 1.807) is 23.2 Å². The molecule has 118 valence electrons. The second-order valence-corrected chi connectivity index (χ2v) is 6.28. The number of hydrogen-bond acceptors (Lipinski definition) is 2. The van der Waals surface area contributed by atoms with Gasteiger partial charge >= 0.3 is 5.69 Å². The summed E-state index contributed by atoms with van der Waals surface area (Å²) in [7, 11) is 3.55. The van der Waals surface area contributed by atoms with Crippen molar-refractivity contribution in [2.45, 2.75) is 38.6 Å². The van der Waals surface area contributed by atoms with Crippen molar-refractivity contribution in [3.05, 3.63) is 34.2 Å². The third-order valence-electron chi connectivity index (χ3n) is 4.78. The van der Waals surface area contributed by atoms with Crippen molar-refractivity contribution < 1.29 is 4.79 Å². The number of aryl methyl sites for hydroxylation is 2. The summed E-state index contributed by atoms with van der Waals surface area (Å²) in [5, 5.41) is 3.04. The highest BCUT2D eigenvalue weighted by Gasteiger charge is 2.20. The minimum Gasteiger partial charge on any atom is -0.352 e. The van der Waals surface area contributed by atoms with Gasteiger partial charge in [-0.3, -0.25) is 13.9 Å². The van der Waals surface area contributed by atoms with E-state index in [1.807, 2.05) is 18.2 Å². The molecule has 1 aromatic carbocycles. The van der Waals surface area contributed by atoms with Gasteiger partial charge in [0.1, 0.15) is 0 Å². The van der Waals surface area contributed by atoms with Gasteiger partial charge in [-0.15, -0.1) is 0 Å². The van der Waals surface area contributed by atoms with Gasteiger partial charge in [0.2, 0.25) is 5.91 Å². The van der Waals surface area contributed by atoms with Crippen molar-refractivity contribution in [2.75, 3.05) is 0 Å². The van der Waals surface area contributed by atoms with E-state index in [1.165, 1.54) is 6.42 Å². The minimum atomic E-state index is -0.0293. The van der Waals surface area contributed by atoms with Gasteiger partial charge < -0.3 is 5.32 Å². The Morgan fingerprint density at radius 1 is 1.14 bits per heavy atom. The molecule has 0 saturated heterocycles. The van der Waals surface area contributed by atoms with Crippen LogP contribution in [0.3, 0.4) is 0 Å². The molecule has 1 aliphatic rings. The fraction of sp³-hybridized carbons (Fsp3) is 0.529. The Balaban J connectivity index is 1.73. The lowest BCUT2D eigenvalue weighted by molar-refractivity contribution is -0.126. The zero-order valence-electron chi connectivity index (χ0n) is 13.3. The summed E-state index contributed by atoms with van der Waals surface area (Å²) in [6.45, 7) is 0.522. The Morgan fingerprint density at radius 2 is 1.82 bits per heavy atom. The Hall–Kier alpha value is -2.04. The molecule has 22 heavy (non-hydrogen) atoms. The van der Waals surface area contributed by atoms with E-state index in [-0.39, 0.29) is 17.5 Å². The Bertz CT molecular complexity index is 751. The van der Waals surface area contributed by atoms with Crippen LogP contribution in [0.25, 0.3) is 11.0 Å². The highest BCUT2D eigenvalue weighted by Crippen LogP contribution is 2.23. The first kappa shape index (κ1) is 14.9. The first-order valence-corrected chi connectivity index (χ1v) is 8.00. The predicted octanol–water partition coefficient (Wildman–Crippen LogP) is 2.07. The second-order valence-electron chi connectivity index (χ2n) is 6.28. The van der Waals surface area contributed by atoms with Crippen molar-refractivity contribution in [3.63, 3.8) is 0 Å². The Morgan fingerprint density at radius 3 is 2.55 bits per heavy atom. The first-order chi connectivity index (χ1) is 10.6. The van der Waals surface area contributed by atoms with Crippen LogP contribution in [0.2, 0.25) is 0 Å². The van der Waals surface area contributed by atoms with Crippen LogP contribution in [-0.2, 0) is 25.4 Å². The molecular weight excluding hydrogens is 278 g/mol. The summed E-state index contributed by atoms with van der Waals surface area (Å²) in [6.07, 6.45) is 5.60. The topological polar surface area (TPSA) is 56.0 Å². The van der Waals surface area contributed by atoms with E-state index in [2.05, 4.69) is 5.32 Å². The van der Waals surface area contributed by atoms with Gasteiger partial charge in [-0.1, -0.05) is 25.3 Å². The zero-order chi connectivity index (χ0) is 15.7. The predicted molar refractivity (Wildman–Crippen MR) is 86.6 cm³/mol. The number of fused-ring (bicyclic) bond motifs is 1. The van der Waals surface area contributed by atoms with Crippen molar-refractivity contribution in [3.8, 4) is 0 Å². The number of hydrogen-bond donors (Lipinski definition) is 1. The molecule has 0 unspecified atom stereocenters. The van der Waals surface area contributed by atoms with Crippen molar-refractivity contribution in [1.29, 1.82) is 0 Å². The third kappa shape index (κ3) is 2.67. The maximum atomic E-state index is 12.2. The summed E-state index contributed by atoms with van der Waals surface area (Å²) in [5.74, 6) is 0.348. The molecule has 0 radical (unpaired) electrons. The SMILES string of the molecule is Cn1c(=O)n(C)c2cc(CNC(=O)C3CCCCC3)ccc21. The van der Waals surface area contributed by atoms with E-state index in [0.29, 0.717) is 6.54 Å². The molecule has 1 N–H and O–H groups in total. The maximum Gasteiger partial charge on any atom is 0.328 e. The van der Waals surface area contributed by atoms with Gasteiger partial charge in [0.25, 0.3) is 0 Å². The van der Waals surface area contributed by atoms with Gasteiger partial charge in [-0.2, -0.15) is 0 Å². The number of benzene rings is 1. The summed E-state index contributed by atoms with van der Waals surface area (Å²) >= 11 is 0. The number of amides is 1. The highest BCUT2D eigenvalue weighted by molar-refractivity contribution is 5.79. The number of aromatic nitrogens is 2. The average molecular weight is 301 g/mol. The number of nitrogens with zero attached hydrogens (tertiary/aromatic N) is 2. The molecule has 1 amide bonds. The normalized spacial score (nSPS) is 16.1. The van der Waals surface area contributed by atoms with Crippen molar-refractivity contribution in [2.24, 2.45) is 20.0 Å². The quantitative estimate of drug-likeness (QED) is 0.943. The lowest BCUT2D eigenvalue weighted by Gasteiger charge is -2.20. The van der Waals surface area contributed by atoms with E-state index < -0.39 is 0 Å². The smallest absolute Gasteiger partial charge is 0.328 e. The first-order valence-electron chi connectivity index (χ1n) is 8.00. The summed E-state index contributed by atoms with van der Waals surface area (Å²) < 4.78 is 3.28. The second kappa shape index (κ2) is 5.99. The maximum absolute atomic E-state index is 12.2. The molecule has 0 bridgehead atoms. The fourth-order valence-corrected chi connectivity index (χ4v) is 3.36. The zero-order valence-corrected chi connectivity index (χ0v) is 13.3. The number of carbonyl (C=O) groups excluding carboxylic acids is 1. The number of imidazole rings is 1. The summed E-state index contributed by atoms with van der Waals surface area (Å²) in [4.78, 5) is 24.1. The van der Waals surface area contributed by atoms with Crippen LogP contribution in [0.1, 0.15) is 37.7 Å². The molecule has 1 aromatic heterocycles. The third-order valence-corrected chi connectivity index (χ3v) is 4.78. The fourth-order valence-electron chi connectivity index (χ4n) is 3.36. The largest absolute Gasteiger partial charge is 0.352 e. The molecule has 5 nitrogen and oxygen atoms in total. The summed E-state index contributed by atoms with van der Waals surface area (Å²) in [6, 6.07) is 5.90. The molecule has 1 saturated carbocycles. The van der Waals surface area contributed by atoms with Gasteiger partial charge in [-0.05, 0) is 30.5 Å². The van der Waals surface area contributed by atoms with Crippen LogP contribution in [0.5, 0.6) is 0 Å². The van der Waals surface area contributed by atoms with Crippen molar-refractivity contribution >= 4 is 16.9 Å². The molecule has 0 aliphatic heterocycles.